The molecule has 7 nitrogen and oxygen atoms in total. The van der Waals surface area contributed by atoms with Crippen molar-refractivity contribution in [1.82, 2.24) is 14.8 Å². The first-order valence-electron chi connectivity index (χ1n) is 12.7. The summed E-state index contributed by atoms with van der Waals surface area (Å²) in [5.74, 6) is 2.50. The van der Waals surface area contributed by atoms with E-state index in [1.165, 1.54) is 25.9 Å². The van der Waals surface area contributed by atoms with Gasteiger partial charge >= 0.3 is 0 Å². The standard InChI is InChI=1S/C27H39N5O2/c1-21-6-7-25(18-26(21)34-17-5-14-31-12-3-4-13-31)30-27-19-24(8-11-28-27)29-20-23-9-15-32(16-10-23)22(2)33/h6-8,11,18-19,23H,3-5,9-10,12-17,20H2,1-2H3,(H2,28,29,30). The van der Waals surface area contributed by atoms with Crippen molar-refractivity contribution in [3.05, 3.63) is 42.1 Å². The summed E-state index contributed by atoms with van der Waals surface area (Å²) in [4.78, 5) is 20.5. The van der Waals surface area contributed by atoms with Gasteiger partial charge in [-0.3, -0.25) is 4.79 Å². The average molecular weight is 466 g/mol. The first-order valence-corrected chi connectivity index (χ1v) is 12.7. The van der Waals surface area contributed by atoms with Gasteiger partial charge in [-0.05, 0) is 75.7 Å². The Morgan fingerprint density at radius 2 is 1.88 bits per heavy atom. The molecule has 0 bridgehead atoms. The lowest BCUT2D eigenvalue weighted by molar-refractivity contribution is -0.130. The van der Waals surface area contributed by atoms with Gasteiger partial charge in [0.2, 0.25) is 5.91 Å². The number of likely N-dealkylation sites (tertiary alicyclic amines) is 2. The smallest absolute Gasteiger partial charge is 0.219 e. The van der Waals surface area contributed by atoms with Gasteiger partial charge in [-0.2, -0.15) is 0 Å². The van der Waals surface area contributed by atoms with Crippen molar-refractivity contribution in [3.8, 4) is 5.75 Å². The van der Waals surface area contributed by atoms with Crippen molar-refractivity contribution in [1.29, 1.82) is 0 Å². The van der Waals surface area contributed by atoms with E-state index in [4.69, 9.17) is 4.74 Å². The van der Waals surface area contributed by atoms with Crippen LogP contribution in [-0.4, -0.2) is 66.6 Å². The largest absolute Gasteiger partial charge is 0.493 e. The van der Waals surface area contributed by atoms with Crippen LogP contribution in [0.15, 0.2) is 36.5 Å². The van der Waals surface area contributed by atoms with Gasteiger partial charge in [0.25, 0.3) is 0 Å². The van der Waals surface area contributed by atoms with E-state index in [2.05, 4.69) is 45.6 Å². The van der Waals surface area contributed by atoms with Gasteiger partial charge in [0.15, 0.2) is 0 Å². The Kier molecular flexibility index (Phi) is 8.63. The predicted octanol–water partition coefficient (Wildman–Crippen LogP) is 4.67. The quantitative estimate of drug-likeness (QED) is 0.497. The molecule has 34 heavy (non-hydrogen) atoms. The Hall–Kier alpha value is -2.80. The number of nitrogens with one attached hydrogen (secondary N) is 2. The van der Waals surface area contributed by atoms with Crippen LogP contribution in [0.4, 0.5) is 17.2 Å². The Morgan fingerprint density at radius 1 is 1.09 bits per heavy atom. The van der Waals surface area contributed by atoms with Crippen LogP contribution < -0.4 is 15.4 Å². The molecule has 1 aromatic heterocycles. The minimum absolute atomic E-state index is 0.183. The topological polar surface area (TPSA) is 69.7 Å². The minimum atomic E-state index is 0.183. The number of carbonyl (C=O) groups excluding carboxylic acids is 1. The van der Waals surface area contributed by atoms with Crippen molar-refractivity contribution < 1.29 is 9.53 Å². The Bertz CT molecular complexity index is 936. The number of ether oxygens (including phenoxy) is 1. The van der Waals surface area contributed by atoms with Crippen LogP contribution in [0.3, 0.4) is 0 Å². The van der Waals surface area contributed by atoms with Crippen molar-refractivity contribution in [3.63, 3.8) is 0 Å². The molecule has 1 aromatic carbocycles. The van der Waals surface area contributed by atoms with Crippen molar-refractivity contribution >= 4 is 23.1 Å². The number of nitrogens with zero attached hydrogens (tertiary/aromatic N) is 3. The Balaban J connectivity index is 1.26. The van der Waals surface area contributed by atoms with Gasteiger partial charge in [0, 0.05) is 62.8 Å². The maximum atomic E-state index is 11.5. The van der Waals surface area contributed by atoms with E-state index in [-0.39, 0.29) is 5.91 Å². The van der Waals surface area contributed by atoms with Gasteiger partial charge in [-0.1, -0.05) is 6.07 Å². The maximum absolute atomic E-state index is 11.5. The third-order valence-corrected chi connectivity index (χ3v) is 6.95. The highest BCUT2D eigenvalue weighted by Crippen LogP contribution is 2.26. The van der Waals surface area contributed by atoms with Gasteiger partial charge in [-0.15, -0.1) is 0 Å². The molecule has 4 rings (SSSR count). The van der Waals surface area contributed by atoms with Crippen LogP contribution >= 0.6 is 0 Å². The summed E-state index contributed by atoms with van der Waals surface area (Å²) in [7, 11) is 0. The van der Waals surface area contributed by atoms with Gasteiger partial charge in [0.05, 0.1) is 6.61 Å². The summed E-state index contributed by atoms with van der Waals surface area (Å²) < 4.78 is 6.10. The number of amides is 1. The second-order valence-electron chi connectivity index (χ2n) is 9.62. The number of benzene rings is 1. The summed E-state index contributed by atoms with van der Waals surface area (Å²) in [6, 6.07) is 10.3. The molecule has 1 amide bonds. The van der Waals surface area contributed by atoms with Crippen molar-refractivity contribution in [2.24, 2.45) is 5.92 Å². The van der Waals surface area contributed by atoms with E-state index in [1.807, 2.05) is 23.2 Å². The number of hydrogen-bond donors (Lipinski definition) is 2. The zero-order valence-corrected chi connectivity index (χ0v) is 20.7. The normalized spacial score (nSPS) is 17.1. The van der Waals surface area contributed by atoms with Crippen LogP contribution in [0.1, 0.15) is 44.6 Å². The highest BCUT2D eigenvalue weighted by molar-refractivity contribution is 5.73. The summed E-state index contributed by atoms with van der Waals surface area (Å²) in [6.45, 7) is 10.7. The average Bonchev–Trinajstić information content (AvgIpc) is 3.36. The zero-order valence-electron chi connectivity index (χ0n) is 20.7. The summed E-state index contributed by atoms with van der Waals surface area (Å²) in [6.07, 6.45) is 7.64. The summed E-state index contributed by atoms with van der Waals surface area (Å²) in [5, 5.41) is 6.97. The lowest BCUT2D eigenvalue weighted by Crippen LogP contribution is -2.38. The molecule has 2 saturated heterocycles. The lowest BCUT2D eigenvalue weighted by atomic mass is 9.96. The van der Waals surface area contributed by atoms with Gasteiger partial charge in [0.1, 0.15) is 11.6 Å². The first kappa shape index (κ1) is 24.3. The first-order chi connectivity index (χ1) is 16.6. The van der Waals surface area contributed by atoms with Crippen LogP contribution in [0.25, 0.3) is 0 Å². The third kappa shape index (κ3) is 7.10. The number of carbonyl (C=O) groups is 1. The lowest BCUT2D eigenvalue weighted by Gasteiger charge is -2.31. The van der Waals surface area contributed by atoms with E-state index in [9.17, 15) is 4.79 Å². The number of aromatic nitrogens is 1. The molecule has 184 valence electrons. The molecule has 0 aliphatic carbocycles. The number of hydrogen-bond acceptors (Lipinski definition) is 6. The fraction of sp³-hybridized carbons (Fsp3) is 0.556. The Labute approximate surface area is 203 Å². The zero-order chi connectivity index (χ0) is 23.8. The number of piperidine rings is 1. The van der Waals surface area contributed by atoms with E-state index in [0.29, 0.717) is 5.92 Å². The van der Waals surface area contributed by atoms with E-state index >= 15 is 0 Å². The summed E-state index contributed by atoms with van der Waals surface area (Å²) in [5.41, 5.74) is 3.17. The predicted molar refractivity (Wildman–Crippen MR) is 138 cm³/mol. The minimum Gasteiger partial charge on any atom is -0.493 e. The van der Waals surface area contributed by atoms with Crippen LogP contribution in [0.5, 0.6) is 5.75 Å². The SMILES string of the molecule is CC(=O)N1CCC(CNc2ccnc(Nc3ccc(C)c(OCCCN4CCCC4)c3)c2)CC1. The second-order valence-corrected chi connectivity index (χ2v) is 9.62. The van der Waals surface area contributed by atoms with Crippen LogP contribution in [0, 0.1) is 12.8 Å². The van der Waals surface area contributed by atoms with Crippen molar-refractivity contribution in [2.75, 3.05) is 56.5 Å². The van der Waals surface area contributed by atoms with Gasteiger partial charge in [-0.25, -0.2) is 4.98 Å². The number of pyridine rings is 1. The van der Waals surface area contributed by atoms with E-state index in [1.54, 1.807) is 6.92 Å². The molecule has 2 N–H and O–H groups in total. The molecular formula is C27H39N5O2. The molecule has 2 fully saturated rings. The molecule has 2 aliphatic rings. The monoisotopic (exact) mass is 465 g/mol. The molecule has 0 atom stereocenters. The van der Waals surface area contributed by atoms with E-state index in [0.717, 1.165) is 80.6 Å². The van der Waals surface area contributed by atoms with Crippen molar-refractivity contribution in [2.45, 2.75) is 46.0 Å². The maximum Gasteiger partial charge on any atom is 0.219 e. The van der Waals surface area contributed by atoms with Crippen LogP contribution in [0.2, 0.25) is 0 Å². The van der Waals surface area contributed by atoms with Crippen LogP contribution in [-0.2, 0) is 4.79 Å². The van der Waals surface area contributed by atoms with Gasteiger partial charge < -0.3 is 25.2 Å². The fourth-order valence-corrected chi connectivity index (χ4v) is 4.78. The second kappa shape index (κ2) is 12.1. The molecule has 7 heteroatoms. The molecule has 2 aliphatic heterocycles. The summed E-state index contributed by atoms with van der Waals surface area (Å²) >= 11 is 0. The highest BCUT2D eigenvalue weighted by atomic mass is 16.5. The molecule has 0 radical (unpaired) electrons. The number of anilines is 3. The number of rotatable bonds is 10. The van der Waals surface area contributed by atoms with E-state index < -0.39 is 0 Å². The third-order valence-electron chi connectivity index (χ3n) is 6.95. The highest BCUT2D eigenvalue weighted by Gasteiger charge is 2.20. The molecule has 3 heterocycles. The Morgan fingerprint density at radius 3 is 2.65 bits per heavy atom. The molecule has 0 spiro atoms. The molecule has 0 saturated carbocycles. The number of aryl methyl sites for hydroxylation is 1. The molecule has 0 unspecified atom stereocenters. The molecular weight excluding hydrogens is 426 g/mol. The molecule has 2 aromatic rings. The fourth-order valence-electron chi connectivity index (χ4n) is 4.78.